The first kappa shape index (κ1) is 16.5. The van der Waals surface area contributed by atoms with Crippen molar-refractivity contribution >= 4 is 39.9 Å². The summed E-state index contributed by atoms with van der Waals surface area (Å²) in [5.74, 6) is -0.444. The highest BCUT2D eigenvalue weighted by atomic mass is 32.2. The molecule has 1 aromatic rings. The molecular weight excluding hydrogens is 331 g/mol. The van der Waals surface area contributed by atoms with Crippen molar-refractivity contribution in [3.63, 3.8) is 0 Å². The fourth-order valence-electron chi connectivity index (χ4n) is 3.05. The van der Waals surface area contributed by atoms with Crippen LogP contribution in [0, 0.1) is 5.82 Å². The molecule has 3 rings (SSSR count). The summed E-state index contributed by atoms with van der Waals surface area (Å²) in [4.78, 5) is 17.1. The number of amides is 1. The molecule has 1 amide bonds. The van der Waals surface area contributed by atoms with Crippen LogP contribution >= 0.6 is 24.0 Å². The van der Waals surface area contributed by atoms with Gasteiger partial charge in [0.1, 0.15) is 5.82 Å². The van der Waals surface area contributed by atoms with Crippen LogP contribution < -0.4 is 4.90 Å². The van der Waals surface area contributed by atoms with Crippen LogP contribution in [0.2, 0.25) is 0 Å². The number of piperidine rings is 1. The van der Waals surface area contributed by atoms with Crippen molar-refractivity contribution < 1.29 is 9.18 Å². The van der Waals surface area contributed by atoms with Crippen molar-refractivity contribution in [1.29, 1.82) is 0 Å². The van der Waals surface area contributed by atoms with E-state index in [9.17, 15) is 9.18 Å². The van der Waals surface area contributed by atoms with E-state index < -0.39 is 0 Å². The fourth-order valence-corrected chi connectivity index (χ4v) is 4.34. The Balaban J connectivity index is 1.83. The van der Waals surface area contributed by atoms with Gasteiger partial charge in [-0.1, -0.05) is 30.9 Å². The summed E-state index contributed by atoms with van der Waals surface area (Å²) in [6, 6.07) is 6.35. The zero-order valence-corrected chi connectivity index (χ0v) is 14.6. The van der Waals surface area contributed by atoms with Gasteiger partial charge in [-0.2, -0.15) is 0 Å². The molecule has 1 aromatic carbocycles. The molecule has 0 N–H and O–H groups in total. The Hall–Kier alpha value is -1.40. The van der Waals surface area contributed by atoms with Crippen LogP contribution in [-0.4, -0.2) is 27.7 Å². The number of hydrogen-bond acceptors (Lipinski definition) is 4. The van der Waals surface area contributed by atoms with Crippen molar-refractivity contribution in [3.8, 4) is 0 Å². The Kier molecular flexibility index (Phi) is 5.02. The molecular formula is C17H19FN2OS2. The topological polar surface area (TPSA) is 23.6 Å². The number of rotatable bonds is 3. The lowest BCUT2D eigenvalue weighted by molar-refractivity contribution is -0.113. The fraction of sp³-hybridized carbons (Fsp3) is 0.412. The van der Waals surface area contributed by atoms with E-state index in [0.717, 1.165) is 19.4 Å². The highest BCUT2D eigenvalue weighted by Crippen LogP contribution is 2.36. The maximum atomic E-state index is 13.1. The normalized spacial score (nSPS) is 23.9. The first-order chi connectivity index (χ1) is 11.1. The zero-order valence-electron chi connectivity index (χ0n) is 13.0. The number of carbonyl (C=O) groups is 1. The minimum absolute atomic E-state index is 0.118. The molecule has 2 aliphatic heterocycles. The van der Waals surface area contributed by atoms with Crippen LogP contribution in [0.25, 0.3) is 0 Å². The highest BCUT2D eigenvalue weighted by molar-refractivity contribution is 8.27. The predicted octanol–water partition coefficient (Wildman–Crippen LogP) is 4.30. The number of nitrogens with zero attached hydrogens (tertiary/aromatic N) is 2. The van der Waals surface area contributed by atoms with Gasteiger partial charge in [-0.3, -0.25) is 9.69 Å². The Morgan fingerprint density at radius 2 is 2.09 bits per heavy atom. The van der Waals surface area contributed by atoms with Crippen LogP contribution in [0.15, 0.2) is 35.4 Å². The van der Waals surface area contributed by atoms with Gasteiger partial charge in [-0.05, 0) is 49.9 Å². The van der Waals surface area contributed by atoms with E-state index in [2.05, 4.69) is 11.8 Å². The van der Waals surface area contributed by atoms with E-state index >= 15 is 0 Å². The third-order valence-corrected chi connectivity index (χ3v) is 5.60. The summed E-state index contributed by atoms with van der Waals surface area (Å²) in [6.45, 7) is 3.17. The second kappa shape index (κ2) is 7.01. The van der Waals surface area contributed by atoms with Crippen LogP contribution in [0.5, 0.6) is 0 Å². The minimum Gasteiger partial charge on any atom is -0.373 e. The molecule has 0 bridgehead atoms. The number of hydrogen-bond donors (Lipinski definition) is 0. The van der Waals surface area contributed by atoms with Gasteiger partial charge in [0.2, 0.25) is 0 Å². The largest absolute Gasteiger partial charge is 0.373 e. The summed E-state index contributed by atoms with van der Waals surface area (Å²) < 4.78 is 13.6. The third-order valence-electron chi connectivity index (χ3n) is 4.31. The molecule has 2 heterocycles. The van der Waals surface area contributed by atoms with Gasteiger partial charge in [-0.15, -0.1) is 0 Å². The molecule has 0 aliphatic carbocycles. The number of thiocarbonyl (C=S) groups is 1. The Bertz CT molecular complexity index is 644. The van der Waals surface area contributed by atoms with E-state index in [1.165, 1.54) is 41.6 Å². The number of likely N-dealkylation sites (tertiary alicyclic amines) is 1. The molecule has 122 valence electrons. The predicted molar refractivity (Wildman–Crippen MR) is 96.8 cm³/mol. The average molecular weight is 350 g/mol. The van der Waals surface area contributed by atoms with Gasteiger partial charge in [0.15, 0.2) is 4.32 Å². The molecule has 0 radical (unpaired) electrons. The van der Waals surface area contributed by atoms with Crippen molar-refractivity contribution in [2.45, 2.75) is 38.6 Å². The molecule has 0 aromatic heterocycles. The third kappa shape index (κ3) is 3.43. The summed E-state index contributed by atoms with van der Waals surface area (Å²) in [7, 11) is 0. The molecule has 3 nitrogen and oxygen atoms in total. The van der Waals surface area contributed by atoms with E-state index in [-0.39, 0.29) is 11.7 Å². The number of benzene rings is 1. The quantitative estimate of drug-likeness (QED) is 0.599. The van der Waals surface area contributed by atoms with Gasteiger partial charge < -0.3 is 4.90 Å². The maximum absolute atomic E-state index is 13.1. The minimum atomic E-state index is -0.325. The molecule has 2 fully saturated rings. The van der Waals surface area contributed by atoms with Gasteiger partial charge in [0.25, 0.3) is 5.91 Å². The van der Waals surface area contributed by atoms with E-state index in [0.29, 0.717) is 21.0 Å². The Labute approximate surface area is 145 Å². The monoisotopic (exact) mass is 350 g/mol. The molecule has 1 atom stereocenters. The maximum Gasteiger partial charge on any atom is 0.272 e. The van der Waals surface area contributed by atoms with Gasteiger partial charge in [-0.25, -0.2) is 4.39 Å². The van der Waals surface area contributed by atoms with Crippen molar-refractivity contribution in [2.24, 2.45) is 0 Å². The van der Waals surface area contributed by atoms with E-state index in [1.807, 2.05) is 6.20 Å². The first-order valence-corrected chi connectivity index (χ1v) is 9.12. The van der Waals surface area contributed by atoms with E-state index in [1.54, 1.807) is 12.1 Å². The summed E-state index contributed by atoms with van der Waals surface area (Å²) in [5, 5.41) is 0. The molecule has 2 aliphatic rings. The Morgan fingerprint density at radius 3 is 2.78 bits per heavy atom. The smallest absolute Gasteiger partial charge is 0.272 e. The Morgan fingerprint density at radius 1 is 1.35 bits per heavy atom. The van der Waals surface area contributed by atoms with E-state index in [4.69, 9.17) is 12.2 Å². The average Bonchev–Trinajstić information content (AvgIpc) is 2.83. The summed E-state index contributed by atoms with van der Waals surface area (Å²) in [6.07, 6.45) is 6.63. The van der Waals surface area contributed by atoms with Crippen molar-refractivity contribution in [1.82, 2.24) is 4.90 Å². The van der Waals surface area contributed by atoms with Gasteiger partial charge in [0.05, 0.1) is 10.6 Å². The molecule has 0 unspecified atom stereocenters. The van der Waals surface area contributed by atoms with Gasteiger partial charge in [0, 0.05) is 18.8 Å². The van der Waals surface area contributed by atoms with Gasteiger partial charge >= 0.3 is 0 Å². The molecule has 0 saturated carbocycles. The number of halogens is 1. The van der Waals surface area contributed by atoms with Crippen molar-refractivity contribution in [2.75, 3.05) is 11.4 Å². The summed E-state index contributed by atoms with van der Waals surface area (Å²) >= 11 is 6.67. The lowest BCUT2D eigenvalue weighted by Gasteiger charge is -2.34. The number of carbonyl (C=O) groups excluding carboxylic acids is 1. The molecule has 0 spiro atoms. The van der Waals surface area contributed by atoms with Crippen LogP contribution in [0.4, 0.5) is 10.1 Å². The number of anilines is 1. The highest BCUT2D eigenvalue weighted by Gasteiger charge is 2.34. The molecule has 6 heteroatoms. The van der Waals surface area contributed by atoms with Crippen LogP contribution in [0.3, 0.4) is 0 Å². The van der Waals surface area contributed by atoms with Crippen molar-refractivity contribution in [3.05, 3.63) is 41.2 Å². The summed E-state index contributed by atoms with van der Waals surface area (Å²) in [5.41, 5.74) is 0.614. The van der Waals surface area contributed by atoms with Crippen LogP contribution in [-0.2, 0) is 4.79 Å². The first-order valence-electron chi connectivity index (χ1n) is 7.89. The lowest BCUT2D eigenvalue weighted by atomic mass is 10.0. The second-order valence-electron chi connectivity index (χ2n) is 5.77. The SMILES string of the molecule is CC[C@@H]1CCCCN1/C=C1/SC(=S)N(c2ccc(F)cc2)C1=O. The molecule has 23 heavy (non-hydrogen) atoms. The van der Waals surface area contributed by atoms with Crippen LogP contribution in [0.1, 0.15) is 32.6 Å². The lowest BCUT2D eigenvalue weighted by Crippen LogP contribution is -2.35. The standard InChI is InChI=1S/C17H19FN2OS2/c1-2-13-5-3-4-10-19(13)11-15-16(21)20(17(22)23-15)14-8-6-12(18)7-9-14/h6-9,11,13H,2-5,10H2,1H3/b15-11+/t13-/m1/s1. The molecule has 2 saturated heterocycles. The number of thioether (sulfide) groups is 1. The zero-order chi connectivity index (χ0) is 16.4. The second-order valence-corrected chi connectivity index (χ2v) is 7.45.